The largest absolute Gasteiger partial charge is 0.388 e. The Morgan fingerprint density at radius 2 is 1.78 bits per heavy atom. The van der Waals surface area contributed by atoms with Gasteiger partial charge in [-0.3, -0.25) is 4.79 Å². The molecule has 0 aromatic heterocycles. The summed E-state index contributed by atoms with van der Waals surface area (Å²) in [7, 11) is 1.89. The lowest BCUT2D eigenvalue weighted by atomic mass is 10.0. The molecule has 3 nitrogen and oxygen atoms in total. The van der Waals surface area contributed by atoms with Crippen molar-refractivity contribution in [3.63, 3.8) is 0 Å². The SMILES string of the molecule is CNc1ccc(C(=O)N2CC3CCCC3C2)cc1. The van der Waals surface area contributed by atoms with Gasteiger partial charge in [-0.2, -0.15) is 0 Å². The molecule has 1 saturated heterocycles. The van der Waals surface area contributed by atoms with Crippen LogP contribution in [0.4, 0.5) is 5.69 Å². The molecule has 1 amide bonds. The van der Waals surface area contributed by atoms with Gasteiger partial charge in [-0.05, 0) is 48.9 Å². The molecule has 3 heteroatoms. The van der Waals surface area contributed by atoms with Gasteiger partial charge in [0.1, 0.15) is 0 Å². The van der Waals surface area contributed by atoms with Crippen LogP contribution in [0.1, 0.15) is 29.6 Å². The number of amides is 1. The molecule has 96 valence electrons. The zero-order chi connectivity index (χ0) is 12.5. The summed E-state index contributed by atoms with van der Waals surface area (Å²) < 4.78 is 0. The Kier molecular flexibility index (Phi) is 2.98. The lowest BCUT2D eigenvalue weighted by molar-refractivity contribution is 0.0780. The van der Waals surface area contributed by atoms with Gasteiger partial charge in [0.15, 0.2) is 0 Å². The van der Waals surface area contributed by atoms with Crippen LogP contribution < -0.4 is 5.32 Å². The van der Waals surface area contributed by atoms with E-state index in [2.05, 4.69) is 5.32 Å². The second-order valence-corrected chi connectivity index (χ2v) is 5.49. The fourth-order valence-electron chi connectivity index (χ4n) is 3.36. The summed E-state index contributed by atoms with van der Waals surface area (Å²) in [5, 5.41) is 3.07. The standard InChI is InChI=1S/C15H20N2O/c1-16-14-7-5-11(6-8-14)15(18)17-9-12-3-2-4-13(12)10-17/h5-8,12-13,16H,2-4,9-10H2,1H3. The molecule has 1 heterocycles. The predicted octanol–water partition coefficient (Wildman–Crippen LogP) is 2.60. The van der Waals surface area contributed by atoms with Crippen molar-refractivity contribution in [2.45, 2.75) is 19.3 Å². The second-order valence-electron chi connectivity index (χ2n) is 5.49. The predicted molar refractivity (Wildman–Crippen MR) is 72.7 cm³/mol. The van der Waals surface area contributed by atoms with Crippen LogP contribution >= 0.6 is 0 Å². The van der Waals surface area contributed by atoms with Crippen molar-refractivity contribution in [1.82, 2.24) is 4.90 Å². The van der Waals surface area contributed by atoms with Crippen LogP contribution in [0.2, 0.25) is 0 Å². The third-order valence-corrected chi connectivity index (χ3v) is 4.43. The summed E-state index contributed by atoms with van der Waals surface area (Å²) in [6, 6.07) is 7.76. The number of benzene rings is 1. The first kappa shape index (κ1) is 11.6. The summed E-state index contributed by atoms with van der Waals surface area (Å²) in [6.07, 6.45) is 3.98. The number of fused-ring (bicyclic) bond motifs is 1. The molecule has 2 atom stereocenters. The topological polar surface area (TPSA) is 32.3 Å². The Morgan fingerprint density at radius 3 is 2.33 bits per heavy atom. The Labute approximate surface area is 108 Å². The zero-order valence-corrected chi connectivity index (χ0v) is 10.9. The van der Waals surface area contributed by atoms with Crippen LogP contribution in [-0.2, 0) is 0 Å². The highest BCUT2D eigenvalue weighted by molar-refractivity contribution is 5.94. The minimum absolute atomic E-state index is 0.201. The van der Waals surface area contributed by atoms with Crippen LogP contribution in [-0.4, -0.2) is 30.9 Å². The number of hydrogen-bond donors (Lipinski definition) is 1. The quantitative estimate of drug-likeness (QED) is 0.867. The van der Waals surface area contributed by atoms with Crippen LogP contribution in [0.3, 0.4) is 0 Å². The molecule has 2 unspecified atom stereocenters. The van der Waals surface area contributed by atoms with Crippen molar-refractivity contribution in [3.8, 4) is 0 Å². The minimum atomic E-state index is 0.201. The smallest absolute Gasteiger partial charge is 0.253 e. The first-order valence-corrected chi connectivity index (χ1v) is 6.85. The number of nitrogens with one attached hydrogen (secondary N) is 1. The number of rotatable bonds is 2. The number of anilines is 1. The lowest BCUT2D eigenvalue weighted by Gasteiger charge is -2.17. The van der Waals surface area contributed by atoms with Gasteiger partial charge in [0, 0.05) is 31.4 Å². The summed E-state index contributed by atoms with van der Waals surface area (Å²) in [4.78, 5) is 14.4. The summed E-state index contributed by atoms with van der Waals surface area (Å²) in [5.74, 6) is 1.74. The van der Waals surface area contributed by atoms with Crippen molar-refractivity contribution < 1.29 is 4.79 Å². The highest BCUT2D eigenvalue weighted by atomic mass is 16.2. The molecule has 2 fully saturated rings. The molecule has 0 bridgehead atoms. The Bertz CT molecular complexity index is 428. The average molecular weight is 244 g/mol. The van der Waals surface area contributed by atoms with E-state index in [0.717, 1.165) is 36.2 Å². The molecule has 1 aromatic rings. The maximum Gasteiger partial charge on any atom is 0.253 e. The Morgan fingerprint density at radius 1 is 1.17 bits per heavy atom. The van der Waals surface area contributed by atoms with E-state index < -0.39 is 0 Å². The monoisotopic (exact) mass is 244 g/mol. The lowest BCUT2D eigenvalue weighted by Crippen LogP contribution is -2.29. The fourth-order valence-corrected chi connectivity index (χ4v) is 3.36. The first-order valence-electron chi connectivity index (χ1n) is 6.85. The van der Waals surface area contributed by atoms with E-state index >= 15 is 0 Å². The minimum Gasteiger partial charge on any atom is -0.388 e. The molecule has 3 rings (SSSR count). The summed E-state index contributed by atoms with van der Waals surface area (Å²) >= 11 is 0. The fraction of sp³-hybridized carbons (Fsp3) is 0.533. The number of carbonyl (C=O) groups is 1. The second kappa shape index (κ2) is 4.63. The van der Waals surface area contributed by atoms with Gasteiger partial charge in [-0.1, -0.05) is 6.42 Å². The van der Waals surface area contributed by atoms with Crippen LogP contribution in [0.15, 0.2) is 24.3 Å². The van der Waals surface area contributed by atoms with E-state index in [9.17, 15) is 4.79 Å². The van der Waals surface area contributed by atoms with Crippen molar-refractivity contribution in [1.29, 1.82) is 0 Å². The van der Waals surface area contributed by atoms with Gasteiger partial charge in [0.25, 0.3) is 5.91 Å². The molecule has 1 saturated carbocycles. The molecule has 0 radical (unpaired) electrons. The van der Waals surface area contributed by atoms with Crippen molar-refractivity contribution in [2.24, 2.45) is 11.8 Å². The molecule has 1 aliphatic heterocycles. The van der Waals surface area contributed by atoms with E-state index in [1.807, 2.05) is 36.2 Å². The van der Waals surface area contributed by atoms with Crippen LogP contribution in [0, 0.1) is 11.8 Å². The van der Waals surface area contributed by atoms with Crippen molar-refractivity contribution in [2.75, 3.05) is 25.5 Å². The Balaban J connectivity index is 1.70. The maximum absolute atomic E-state index is 12.4. The summed E-state index contributed by atoms with van der Waals surface area (Å²) in [6.45, 7) is 1.94. The van der Waals surface area contributed by atoms with Crippen molar-refractivity contribution >= 4 is 11.6 Å². The average Bonchev–Trinajstić information content (AvgIpc) is 2.99. The van der Waals surface area contributed by atoms with E-state index in [1.54, 1.807) is 0 Å². The highest BCUT2D eigenvalue weighted by Gasteiger charge is 2.38. The van der Waals surface area contributed by atoms with Gasteiger partial charge in [-0.15, -0.1) is 0 Å². The van der Waals surface area contributed by atoms with E-state index in [4.69, 9.17) is 0 Å². The third-order valence-electron chi connectivity index (χ3n) is 4.43. The van der Waals surface area contributed by atoms with E-state index in [1.165, 1.54) is 19.3 Å². The van der Waals surface area contributed by atoms with Crippen molar-refractivity contribution in [3.05, 3.63) is 29.8 Å². The molecule has 2 aliphatic rings. The van der Waals surface area contributed by atoms with Crippen LogP contribution in [0.5, 0.6) is 0 Å². The molecule has 18 heavy (non-hydrogen) atoms. The molecule has 0 spiro atoms. The van der Waals surface area contributed by atoms with Gasteiger partial charge < -0.3 is 10.2 Å². The molecule has 1 N–H and O–H groups in total. The zero-order valence-electron chi connectivity index (χ0n) is 10.9. The third kappa shape index (κ3) is 1.98. The van der Waals surface area contributed by atoms with Crippen LogP contribution in [0.25, 0.3) is 0 Å². The normalized spacial score (nSPS) is 26.2. The molecular formula is C15H20N2O. The molecule has 1 aliphatic carbocycles. The number of likely N-dealkylation sites (tertiary alicyclic amines) is 1. The number of nitrogens with zero attached hydrogens (tertiary/aromatic N) is 1. The van der Waals surface area contributed by atoms with E-state index in [0.29, 0.717) is 0 Å². The molecular weight excluding hydrogens is 224 g/mol. The number of hydrogen-bond acceptors (Lipinski definition) is 2. The van der Waals surface area contributed by atoms with E-state index in [-0.39, 0.29) is 5.91 Å². The first-order chi connectivity index (χ1) is 8.78. The van der Waals surface area contributed by atoms with Gasteiger partial charge >= 0.3 is 0 Å². The number of carbonyl (C=O) groups excluding carboxylic acids is 1. The summed E-state index contributed by atoms with van der Waals surface area (Å²) in [5.41, 5.74) is 1.86. The Hall–Kier alpha value is -1.51. The van der Waals surface area contributed by atoms with Gasteiger partial charge in [-0.25, -0.2) is 0 Å². The highest BCUT2D eigenvalue weighted by Crippen LogP contribution is 2.38. The maximum atomic E-state index is 12.4. The van der Waals surface area contributed by atoms with Gasteiger partial charge in [0.05, 0.1) is 0 Å². The molecule has 1 aromatic carbocycles. The van der Waals surface area contributed by atoms with Gasteiger partial charge in [0.2, 0.25) is 0 Å².